The third-order valence-electron chi connectivity index (χ3n) is 2.04. The molecule has 16 heavy (non-hydrogen) atoms. The molecular formula is C11H13FO4. The van der Waals surface area contributed by atoms with Gasteiger partial charge in [0.2, 0.25) is 0 Å². The quantitative estimate of drug-likeness (QED) is 0.831. The molecule has 0 spiro atoms. The van der Waals surface area contributed by atoms with Crippen molar-refractivity contribution in [3.8, 4) is 5.75 Å². The zero-order valence-corrected chi connectivity index (χ0v) is 9.12. The fourth-order valence-corrected chi connectivity index (χ4v) is 1.48. The average Bonchev–Trinajstić information content (AvgIpc) is 2.16. The second-order valence-corrected chi connectivity index (χ2v) is 3.27. The van der Waals surface area contributed by atoms with E-state index in [0.717, 1.165) is 6.07 Å². The molecule has 0 aliphatic carbocycles. The van der Waals surface area contributed by atoms with Gasteiger partial charge in [-0.05, 0) is 17.7 Å². The highest BCUT2D eigenvalue weighted by atomic mass is 19.1. The van der Waals surface area contributed by atoms with E-state index in [2.05, 4.69) is 0 Å². The Bertz CT molecular complexity index is 390. The first-order valence-electron chi connectivity index (χ1n) is 4.64. The Morgan fingerprint density at radius 2 is 2.12 bits per heavy atom. The number of aliphatic carboxylic acids is 1. The lowest BCUT2D eigenvalue weighted by molar-refractivity contribution is -0.136. The van der Waals surface area contributed by atoms with Gasteiger partial charge in [0.1, 0.15) is 0 Å². The van der Waals surface area contributed by atoms with Gasteiger partial charge in [-0.15, -0.1) is 0 Å². The van der Waals surface area contributed by atoms with Crippen LogP contribution < -0.4 is 4.74 Å². The third kappa shape index (κ3) is 2.93. The SMILES string of the molecule is COCc1cc(CC(=O)O)cc(F)c1OC. The molecule has 0 aliphatic heterocycles. The highest BCUT2D eigenvalue weighted by Gasteiger charge is 2.12. The predicted octanol–water partition coefficient (Wildman–Crippen LogP) is 1.61. The van der Waals surface area contributed by atoms with Gasteiger partial charge in [0.05, 0.1) is 20.1 Å². The molecule has 0 unspecified atom stereocenters. The van der Waals surface area contributed by atoms with Crippen molar-refractivity contribution < 1.29 is 23.8 Å². The van der Waals surface area contributed by atoms with Crippen LogP contribution in [0.2, 0.25) is 0 Å². The van der Waals surface area contributed by atoms with Crippen molar-refractivity contribution in [3.05, 3.63) is 29.1 Å². The Hall–Kier alpha value is -1.62. The van der Waals surface area contributed by atoms with E-state index < -0.39 is 11.8 Å². The molecule has 1 aromatic rings. The monoisotopic (exact) mass is 228 g/mol. The minimum atomic E-state index is -1.01. The average molecular weight is 228 g/mol. The minimum Gasteiger partial charge on any atom is -0.493 e. The third-order valence-corrected chi connectivity index (χ3v) is 2.04. The van der Waals surface area contributed by atoms with Crippen molar-refractivity contribution in [1.29, 1.82) is 0 Å². The van der Waals surface area contributed by atoms with E-state index in [4.69, 9.17) is 14.6 Å². The largest absolute Gasteiger partial charge is 0.493 e. The predicted molar refractivity (Wildman–Crippen MR) is 55.0 cm³/mol. The number of hydrogen-bond donors (Lipinski definition) is 1. The molecule has 0 aromatic heterocycles. The van der Waals surface area contributed by atoms with Crippen LogP contribution in [0.1, 0.15) is 11.1 Å². The number of ether oxygens (including phenoxy) is 2. The van der Waals surface area contributed by atoms with Crippen LogP contribution in [0.25, 0.3) is 0 Å². The van der Waals surface area contributed by atoms with Crippen LogP contribution in [-0.2, 0) is 22.6 Å². The lowest BCUT2D eigenvalue weighted by Crippen LogP contribution is -2.04. The molecule has 0 fully saturated rings. The summed E-state index contributed by atoms with van der Waals surface area (Å²) in [7, 11) is 2.83. The van der Waals surface area contributed by atoms with Gasteiger partial charge in [-0.3, -0.25) is 4.79 Å². The molecule has 0 saturated carbocycles. The van der Waals surface area contributed by atoms with Crippen molar-refractivity contribution in [2.75, 3.05) is 14.2 Å². The van der Waals surface area contributed by atoms with Crippen molar-refractivity contribution >= 4 is 5.97 Å². The molecule has 0 saturated heterocycles. The van der Waals surface area contributed by atoms with Crippen LogP contribution in [-0.4, -0.2) is 25.3 Å². The number of carbonyl (C=O) groups is 1. The molecule has 4 nitrogen and oxygen atoms in total. The van der Waals surface area contributed by atoms with Gasteiger partial charge in [-0.25, -0.2) is 4.39 Å². The first-order valence-corrected chi connectivity index (χ1v) is 4.64. The normalized spacial score (nSPS) is 10.2. The summed E-state index contributed by atoms with van der Waals surface area (Å²) in [6.07, 6.45) is -0.225. The number of methoxy groups -OCH3 is 2. The van der Waals surface area contributed by atoms with Crippen LogP contribution in [0.15, 0.2) is 12.1 Å². The molecule has 0 aliphatic rings. The molecule has 5 heteroatoms. The molecule has 0 bridgehead atoms. The molecular weight excluding hydrogens is 215 g/mol. The number of carboxylic acid groups (broad SMARTS) is 1. The number of halogens is 1. The summed E-state index contributed by atoms with van der Waals surface area (Å²) in [6.45, 7) is 0.174. The summed E-state index contributed by atoms with van der Waals surface area (Å²) in [5, 5.41) is 8.62. The maximum Gasteiger partial charge on any atom is 0.307 e. The fourth-order valence-electron chi connectivity index (χ4n) is 1.48. The summed E-state index contributed by atoms with van der Waals surface area (Å²) in [5.41, 5.74) is 0.888. The molecule has 0 atom stereocenters. The fraction of sp³-hybridized carbons (Fsp3) is 0.364. The molecule has 1 aromatic carbocycles. The van der Waals surface area contributed by atoms with Crippen LogP contribution in [0, 0.1) is 5.82 Å². The van der Waals surface area contributed by atoms with Gasteiger partial charge in [-0.1, -0.05) is 0 Å². The van der Waals surface area contributed by atoms with Crippen molar-refractivity contribution in [1.82, 2.24) is 0 Å². The van der Waals surface area contributed by atoms with Crippen LogP contribution in [0.5, 0.6) is 5.75 Å². The standard InChI is InChI=1S/C11H13FO4/c1-15-6-8-3-7(5-10(13)14)4-9(12)11(8)16-2/h3-4H,5-6H2,1-2H3,(H,13,14). The lowest BCUT2D eigenvalue weighted by Gasteiger charge is -2.10. The molecule has 0 amide bonds. The van der Waals surface area contributed by atoms with E-state index in [0.29, 0.717) is 11.1 Å². The molecule has 0 heterocycles. The topological polar surface area (TPSA) is 55.8 Å². The van der Waals surface area contributed by atoms with Crippen molar-refractivity contribution in [2.45, 2.75) is 13.0 Å². The number of rotatable bonds is 5. The van der Waals surface area contributed by atoms with Crippen molar-refractivity contribution in [3.63, 3.8) is 0 Å². The summed E-state index contributed by atoms with van der Waals surface area (Å²) in [4.78, 5) is 10.5. The van der Waals surface area contributed by atoms with E-state index in [-0.39, 0.29) is 18.8 Å². The lowest BCUT2D eigenvalue weighted by atomic mass is 10.1. The van der Waals surface area contributed by atoms with E-state index in [9.17, 15) is 9.18 Å². The zero-order chi connectivity index (χ0) is 12.1. The zero-order valence-electron chi connectivity index (χ0n) is 9.12. The Morgan fingerprint density at radius 1 is 1.44 bits per heavy atom. The highest BCUT2D eigenvalue weighted by molar-refractivity contribution is 5.70. The second kappa shape index (κ2) is 5.46. The van der Waals surface area contributed by atoms with Crippen molar-refractivity contribution in [2.24, 2.45) is 0 Å². The maximum atomic E-state index is 13.5. The van der Waals surface area contributed by atoms with E-state index in [1.54, 1.807) is 6.07 Å². The molecule has 88 valence electrons. The Balaban J connectivity index is 3.11. The first kappa shape index (κ1) is 12.4. The molecule has 1 rings (SSSR count). The summed E-state index contributed by atoms with van der Waals surface area (Å²) in [5.74, 6) is -1.49. The van der Waals surface area contributed by atoms with Gasteiger partial charge in [-0.2, -0.15) is 0 Å². The molecule has 0 radical (unpaired) electrons. The second-order valence-electron chi connectivity index (χ2n) is 3.27. The number of hydrogen-bond acceptors (Lipinski definition) is 3. The van der Waals surface area contributed by atoms with E-state index >= 15 is 0 Å². The summed E-state index contributed by atoms with van der Waals surface area (Å²) in [6, 6.07) is 2.73. The first-order chi connectivity index (χ1) is 7.58. The number of carboxylic acids is 1. The minimum absolute atomic E-state index is 0.0935. The maximum absolute atomic E-state index is 13.5. The Kier molecular flexibility index (Phi) is 4.25. The number of benzene rings is 1. The van der Waals surface area contributed by atoms with E-state index in [1.165, 1.54) is 14.2 Å². The van der Waals surface area contributed by atoms with Crippen LogP contribution in [0.4, 0.5) is 4.39 Å². The smallest absolute Gasteiger partial charge is 0.307 e. The van der Waals surface area contributed by atoms with Gasteiger partial charge in [0.25, 0.3) is 0 Å². The Morgan fingerprint density at radius 3 is 2.62 bits per heavy atom. The Labute approximate surface area is 92.6 Å². The van der Waals surface area contributed by atoms with E-state index in [1.807, 2.05) is 0 Å². The van der Waals surface area contributed by atoms with Crippen LogP contribution in [0.3, 0.4) is 0 Å². The highest BCUT2D eigenvalue weighted by Crippen LogP contribution is 2.25. The summed E-state index contributed by atoms with van der Waals surface area (Å²) < 4.78 is 23.3. The van der Waals surface area contributed by atoms with Gasteiger partial charge >= 0.3 is 5.97 Å². The summed E-state index contributed by atoms with van der Waals surface area (Å²) >= 11 is 0. The van der Waals surface area contributed by atoms with Gasteiger partial charge in [0.15, 0.2) is 11.6 Å². The molecule has 1 N–H and O–H groups in total. The van der Waals surface area contributed by atoms with Gasteiger partial charge in [0, 0.05) is 12.7 Å². The van der Waals surface area contributed by atoms with Gasteiger partial charge < -0.3 is 14.6 Å². The van der Waals surface area contributed by atoms with Crippen LogP contribution >= 0.6 is 0 Å².